The fourth-order valence-electron chi connectivity index (χ4n) is 3.99. The Morgan fingerprint density at radius 3 is 2.60 bits per heavy atom. The second-order valence-electron chi connectivity index (χ2n) is 7.36. The van der Waals surface area contributed by atoms with Crippen molar-refractivity contribution >= 4 is 16.9 Å². The third-order valence-corrected chi connectivity index (χ3v) is 5.59. The number of halogens is 2. The molecular weight excluding hydrogens is 398 g/mol. The molecule has 156 valence electrons. The van der Waals surface area contributed by atoms with Crippen molar-refractivity contribution < 1.29 is 28.9 Å². The zero-order valence-electron chi connectivity index (χ0n) is 15.9. The lowest BCUT2D eigenvalue weighted by Crippen LogP contribution is -2.38. The number of rotatable bonds is 5. The van der Waals surface area contributed by atoms with Crippen molar-refractivity contribution in [2.24, 2.45) is 0 Å². The third kappa shape index (κ3) is 2.98. The van der Waals surface area contributed by atoms with Crippen LogP contribution in [0.1, 0.15) is 36.5 Å². The van der Waals surface area contributed by atoms with E-state index in [1.165, 1.54) is 10.6 Å². The van der Waals surface area contributed by atoms with Crippen LogP contribution in [0.15, 0.2) is 29.1 Å². The van der Waals surface area contributed by atoms with Gasteiger partial charge in [0, 0.05) is 35.0 Å². The van der Waals surface area contributed by atoms with Crippen LogP contribution in [0.25, 0.3) is 22.3 Å². The van der Waals surface area contributed by atoms with Gasteiger partial charge in [0.05, 0.1) is 35.7 Å². The highest BCUT2D eigenvalue weighted by Crippen LogP contribution is 2.37. The summed E-state index contributed by atoms with van der Waals surface area (Å²) < 4.78 is 28.6. The average molecular weight is 415 g/mol. The second-order valence-corrected chi connectivity index (χ2v) is 7.36. The van der Waals surface area contributed by atoms with Gasteiger partial charge in [-0.15, -0.1) is 0 Å². The zero-order valence-corrected chi connectivity index (χ0v) is 15.9. The maximum Gasteiger partial charge on any atom is 0.257 e. The Labute approximate surface area is 168 Å². The molecule has 2 aromatic heterocycles. The summed E-state index contributed by atoms with van der Waals surface area (Å²) in [4.78, 5) is 28.6. The quantitative estimate of drug-likeness (QED) is 0.501. The molecule has 1 aliphatic heterocycles. The van der Waals surface area contributed by atoms with Gasteiger partial charge in [0.25, 0.3) is 5.56 Å². The molecule has 7 nitrogen and oxygen atoms in total. The van der Waals surface area contributed by atoms with Gasteiger partial charge in [0.1, 0.15) is 0 Å². The minimum absolute atomic E-state index is 0.0204. The van der Waals surface area contributed by atoms with Gasteiger partial charge in [-0.2, -0.15) is 0 Å². The van der Waals surface area contributed by atoms with E-state index in [4.69, 9.17) is 0 Å². The third-order valence-electron chi connectivity index (χ3n) is 5.59. The summed E-state index contributed by atoms with van der Waals surface area (Å²) in [6, 6.07) is 4.99. The van der Waals surface area contributed by atoms with Crippen LogP contribution in [0.3, 0.4) is 0 Å². The van der Waals surface area contributed by atoms with Gasteiger partial charge in [0.2, 0.25) is 0 Å². The SMILES string of the molecule is CC[C@@](O)(CC(=O)[O-])c1cc2n(c(=O)c1CO)Cc1cc3cc(F)c(F)cc3nc1-2. The minimum atomic E-state index is -1.93. The number of carboxylic acids is 1. The molecule has 3 aromatic rings. The Hall–Kier alpha value is -3.17. The molecule has 1 aliphatic rings. The maximum absolute atomic E-state index is 13.7. The predicted molar refractivity (Wildman–Crippen MR) is 100 cm³/mol. The van der Waals surface area contributed by atoms with Crippen molar-refractivity contribution in [2.75, 3.05) is 0 Å². The first kappa shape index (κ1) is 20.1. The largest absolute Gasteiger partial charge is 0.550 e. The number of benzene rings is 1. The summed E-state index contributed by atoms with van der Waals surface area (Å²) >= 11 is 0. The van der Waals surface area contributed by atoms with Crippen LogP contribution in [-0.4, -0.2) is 25.7 Å². The first-order valence-corrected chi connectivity index (χ1v) is 9.28. The summed E-state index contributed by atoms with van der Waals surface area (Å²) in [7, 11) is 0. The Morgan fingerprint density at radius 2 is 1.97 bits per heavy atom. The van der Waals surface area contributed by atoms with Crippen molar-refractivity contribution in [1.29, 1.82) is 0 Å². The highest BCUT2D eigenvalue weighted by molar-refractivity contribution is 5.84. The molecule has 2 N–H and O–H groups in total. The Bertz CT molecular complexity index is 1270. The summed E-state index contributed by atoms with van der Waals surface area (Å²) in [5, 5.41) is 32.2. The maximum atomic E-state index is 13.7. The first-order chi connectivity index (χ1) is 14.2. The van der Waals surface area contributed by atoms with E-state index < -0.39 is 41.8 Å². The van der Waals surface area contributed by atoms with Crippen molar-refractivity contribution in [3.05, 3.63) is 62.9 Å². The molecule has 9 heteroatoms. The number of fused-ring (bicyclic) bond motifs is 4. The van der Waals surface area contributed by atoms with E-state index in [1.807, 2.05) is 0 Å². The molecule has 30 heavy (non-hydrogen) atoms. The molecule has 1 atom stereocenters. The van der Waals surface area contributed by atoms with Gasteiger partial charge in [-0.1, -0.05) is 6.92 Å². The lowest BCUT2D eigenvalue weighted by molar-refractivity contribution is -0.309. The van der Waals surface area contributed by atoms with Crippen LogP contribution < -0.4 is 10.7 Å². The smallest absolute Gasteiger partial charge is 0.257 e. The molecule has 0 saturated carbocycles. The minimum Gasteiger partial charge on any atom is -0.550 e. The van der Waals surface area contributed by atoms with Crippen molar-refractivity contribution in [2.45, 2.75) is 38.5 Å². The van der Waals surface area contributed by atoms with E-state index in [9.17, 15) is 33.7 Å². The number of aliphatic hydroxyl groups excluding tert-OH is 1. The van der Waals surface area contributed by atoms with E-state index in [0.29, 0.717) is 22.3 Å². The van der Waals surface area contributed by atoms with E-state index >= 15 is 0 Å². The average Bonchev–Trinajstić information content (AvgIpc) is 3.04. The molecule has 0 radical (unpaired) electrons. The number of carbonyl (C=O) groups is 1. The molecule has 0 spiro atoms. The van der Waals surface area contributed by atoms with Gasteiger partial charge in [-0.25, -0.2) is 13.8 Å². The number of carbonyl (C=O) groups excluding carboxylic acids is 1. The number of hydrogen-bond donors (Lipinski definition) is 2. The lowest BCUT2D eigenvalue weighted by Gasteiger charge is -2.30. The number of pyridine rings is 2. The number of aromatic nitrogens is 2. The summed E-state index contributed by atoms with van der Waals surface area (Å²) in [6.07, 6.45) is -0.804. The van der Waals surface area contributed by atoms with Gasteiger partial charge >= 0.3 is 0 Å². The van der Waals surface area contributed by atoms with Gasteiger partial charge in [-0.3, -0.25) is 4.79 Å². The topological polar surface area (TPSA) is 115 Å². The number of aliphatic carboxylic acids is 1. The Balaban J connectivity index is 1.99. The highest BCUT2D eigenvalue weighted by atomic mass is 19.2. The fraction of sp³-hybridized carbons (Fsp3) is 0.286. The van der Waals surface area contributed by atoms with Crippen LogP contribution >= 0.6 is 0 Å². The summed E-state index contributed by atoms with van der Waals surface area (Å²) in [5.41, 5.74) is -1.29. The predicted octanol–water partition coefficient (Wildman–Crippen LogP) is 0.933. The zero-order chi connectivity index (χ0) is 21.8. The van der Waals surface area contributed by atoms with Crippen LogP contribution in [-0.2, 0) is 23.5 Å². The first-order valence-electron chi connectivity index (χ1n) is 9.28. The van der Waals surface area contributed by atoms with Gasteiger partial charge in [-0.05, 0) is 30.2 Å². The molecule has 0 unspecified atom stereocenters. The van der Waals surface area contributed by atoms with Crippen LogP contribution in [0, 0.1) is 11.6 Å². The van der Waals surface area contributed by atoms with E-state index in [-0.39, 0.29) is 29.6 Å². The molecule has 1 aromatic carbocycles. The van der Waals surface area contributed by atoms with Crippen LogP contribution in [0.5, 0.6) is 0 Å². The number of hydrogen-bond acceptors (Lipinski definition) is 6. The molecule has 3 heterocycles. The Kier molecular flexibility index (Phi) is 4.67. The van der Waals surface area contributed by atoms with Gasteiger partial charge in [0.15, 0.2) is 11.6 Å². The monoisotopic (exact) mass is 415 g/mol. The molecule has 4 rings (SSSR count). The molecule has 0 aliphatic carbocycles. The van der Waals surface area contributed by atoms with E-state index in [1.54, 1.807) is 13.0 Å². The standard InChI is InChI=1S/C21H18F2N2O5/c1-2-21(30,7-18(27)28)13-5-17-19-11(8-25(17)20(29)12(13)9-26)3-10-4-14(22)15(23)6-16(10)24-19/h3-6,26,30H,2,7-9H2,1H3,(H,27,28)/p-1/t21-/m1/s1. The van der Waals surface area contributed by atoms with Crippen LogP contribution in [0.2, 0.25) is 0 Å². The van der Waals surface area contributed by atoms with Crippen LogP contribution in [0.4, 0.5) is 8.78 Å². The van der Waals surface area contributed by atoms with Crippen molar-refractivity contribution in [3.63, 3.8) is 0 Å². The lowest BCUT2D eigenvalue weighted by atomic mass is 9.85. The number of nitrogens with zero attached hydrogens (tertiary/aromatic N) is 2. The molecule has 0 bridgehead atoms. The Morgan fingerprint density at radius 1 is 1.27 bits per heavy atom. The van der Waals surface area contributed by atoms with E-state index in [2.05, 4.69) is 4.98 Å². The normalized spacial score (nSPS) is 14.4. The summed E-state index contributed by atoms with van der Waals surface area (Å²) in [5.74, 6) is -3.58. The second kappa shape index (κ2) is 6.96. The van der Waals surface area contributed by atoms with Crippen molar-refractivity contribution in [3.8, 4) is 11.4 Å². The molecule has 0 amide bonds. The fourth-order valence-corrected chi connectivity index (χ4v) is 3.99. The highest BCUT2D eigenvalue weighted by Gasteiger charge is 2.34. The molecule has 0 fully saturated rings. The number of aliphatic hydroxyl groups is 2. The summed E-state index contributed by atoms with van der Waals surface area (Å²) in [6.45, 7) is 0.932. The van der Waals surface area contributed by atoms with Gasteiger partial charge < -0.3 is 24.7 Å². The number of carboxylic acid groups (broad SMARTS) is 1. The van der Waals surface area contributed by atoms with E-state index in [0.717, 1.165) is 12.1 Å². The molecular formula is C21H17F2N2O5-. The van der Waals surface area contributed by atoms with Crippen molar-refractivity contribution in [1.82, 2.24) is 9.55 Å². The molecule has 0 saturated heterocycles.